The summed E-state index contributed by atoms with van der Waals surface area (Å²) < 4.78 is 0. The van der Waals surface area contributed by atoms with Gasteiger partial charge in [-0.05, 0) is 31.7 Å². The molecule has 0 aliphatic carbocycles. The van der Waals surface area contributed by atoms with Gasteiger partial charge in [0.15, 0.2) is 5.84 Å². The lowest BCUT2D eigenvalue weighted by Gasteiger charge is -2.29. The van der Waals surface area contributed by atoms with Crippen molar-refractivity contribution in [3.63, 3.8) is 0 Å². The van der Waals surface area contributed by atoms with Gasteiger partial charge < -0.3 is 15.8 Å². The fourth-order valence-corrected chi connectivity index (χ4v) is 2.77. The average molecular weight is 281 g/mol. The first kappa shape index (κ1) is 15.7. The van der Waals surface area contributed by atoms with Gasteiger partial charge in [0.2, 0.25) is 0 Å². The molecule has 3 N–H and O–H groups in total. The van der Waals surface area contributed by atoms with Gasteiger partial charge in [-0.15, -0.1) is 11.8 Å². The molecule has 0 radical (unpaired) electrons. The molecule has 5 heteroatoms. The lowest BCUT2D eigenvalue weighted by atomic mass is 10.1. The molecule has 1 atom stereocenters. The fourth-order valence-electron chi connectivity index (χ4n) is 2.14. The van der Waals surface area contributed by atoms with E-state index in [4.69, 9.17) is 10.9 Å². The van der Waals surface area contributed by atoms with E-state index in [0.717, 1.165) is 29.0 Å². The highest BCUT2D eigenvalue weighted by Gasteiger charge is 2.18. The standard InChI is InChI=1S/C14H23N3OS/c1-5-7-10(2)17(3)11-8-6-9-12(19-4)13(11)14(15)16-18/h6,8-10,18H,5,7H2,1-4H3,(H2,15,16). The Balaban J connectivity index is 3.26. The molecule has 1 rings (SSSR count). The van der Waals surface area contributed by atoms with Crippen molar-refractivity contribution < 1.29 is 5.21 Å². The second-order valence-corrected chi connectivity index (χ2v) is 5.44. The number of nitrogens with two attached hydrogens (primary N) is 1. The number of thioether (sulfide) groups is 1. The van der Waals surface area contributed by atoms with Crippen molar-refractivity contribution >= 4 is 23.3 Å². The molecule has 0 aliphatic heterocycles. The zero-order valence-electron chi connectivity index (χ0n) is 12.1. The smallest absolute Gasteiger partial charge is 0.173 e. The number of hydrogen-bond donors (Lipinski definition) is 2. The molecule has 0 fully saturated rings. The van der Waals surface area contributed by atoms with Crippen molar-refractivity contribution in [2.45, 2.75) is 37.6 Å². The van der Waals surface area contributed by atoms with Gasteiger partial charge in [0.25, 0.3) is 0 Å². The number of rotatable bonds is 6. The van der Waals surface area contributed by atoms with Crippen molar-refractivity contribution in [1.82, 2.24) is 0 Å². The number of hydrogen-bond acceptors (Lipinski definition) is 4. The Kier molecular flexibility index (Phi) is 6.02. The molecule has 1 aromatic carbocycles. The van der Waals surface area contributed by atoms with Crippen LogP contribution in [0.15, 0.2) is 28.3 Å². The summed E-state index contributed by atoms with van der Waals surface area (Å²) in [6, 6.07) is 6.41. The van der Waals surface area contributed by atoms with Crippen LogP contribution in [0.25, 0.3) is 0 Å². The molecule has 1 aromatic rings. The van der Waals surface area contributed by atoms with Crippen molar-refractivity contribution in [3.05, 3.63) is 23.8 Å². The largest absolute Gasteiger partial charge is 0.409 e. The first-order chi connectivity index (χ1) is 9.06. The summed E-state index contributed by atoms with van der Waals surface area (Å²) >= 11 is 1.60. The third kappa shape index (κ3) is 3.56. The van der Waals surface area contributed by atoms with E-state index < -0.39 is 0 Å². The molecule has 19 heavy (non-hydrogen) atoms. The van der Waals surface area contributed by atoms with Crippen molar-refractivity contribution in [2.24, 2.45) is 10.9 Å². The maximum absolute atomic E-state index is 8.99. The molecule has 4 nitrogen and oxygen atoms in total. The van der Waals surface area contributed by atoms with Crippen molar-refractivity contribution in [2.75, 3.05) is 18.2 Å². The summed E-state index contributed by atoms with van der Waals surface area (Å²) in [5.41, 5.74) is 7.65. The average Bonchev–Trinajstić information content (AvgIpc) is 2.44. The van der Waals surface area contributed by atoms with Gasteiger partial charge in [0, 0.05) is 23.7 Å². The number of amidine groups is 1. The van der Waals surface area contributed by atoms with Crippen molar-refractivity contribution in [3.8, 4) is 0 Å². The van der Waals surface area contributed by atoms with Gasteiger partial charge in [-0.25, -0.2) is 0 Å². The number of benzene rings is 1. The molecule has 0 aromatic heterocycles. The summed E-state index contributed by atoms with van der Waals surface area (Å²) in [5, 5.41) is 12.2. The summed E-state index contributed by atoms with van der Waals surface area (Å²) in [4.78, 5) is 3.21. The van der Waals surface area contributed by atoms with E-state index in [1.807, 2.05) is 31.5 Å². The van der Waals surface area contributed by atoms with E-state index in [9.17, 15) is 0 Å². The Hall–Kier alpha value is -1.36. The molecular weight excluding hydrogens is 258 g/mol. The quantitative estimate of drug-likeness (QED) is 0.276. The summed E-state index contributed by atoms with van der Waals surface area (Å²) in [6.45, 7) is 4.36. The molecule has 0 aliphatic rings. The lowest BCUT2D eigenvalue weighted by Crippen LogP contribution is -2.31. The van der Waals surface area contributed by atoms with Crippen LogP contribution in [0.3, 0.4) is 0 Å². The van der Waals surface area contributed by atoms with Crippen LogP contribution in [-0.2, 0) is 0 Å². The summed E-state index contributed by atoms with van der Waals surface area (Å²) in [6.07, 6.45) is 4.23. The topological polar surface area (TPSA) is 61.8 Å². The van der Waals surface area contributed by atoms with Gasteiger partial charge in [0.1, 0.15) is 0 Å². The minimum absolute atomic E-state index is 0.162. The van der Waals surface area contributed by atoms with Crippen LogP contribution in [0.5, 0.6) is 0 Å². The zero-order chi connectivity index (χ0) is 14.4. The predicted octanol–water partition coefficient (Wildman–Crippen LogP) is 3.13. The Bertz CT molecular complexity index is 448. The van der Waals surface area contributed by atoms with Crippen molar-refractivity contribution in [1.29, 1.82) is 0 Å². The molecule has 106 valence electrons. The normalized spacial score (nSPS) is 13.4. The molecule has 0 spiro atoms. The van der Waals surface area contributed by atoms with Crippen LogP contribution < -0.4 is 10.6 Å². The van der Waals surface area contributed by atoms with Gasteiger partial charge in [0.05, 0.1) is 5.56 Å². The van der Waals surface area contributed by atoms with Crippen LogP contribution in [0, 0.1) is 0 Å². The Labute approximate surface area is 119 Å². The molecule has 0 amide bonds. The first-order valence-corrected chi connectivity index (χ1v) is 7.67. The molecular formula is C14H23N3OS. The molecule has 0 saturated heterocycles. The number of anilines is 1. The molecule has 0 bridgehead atoms. The highest BCUT2D eigenvalue weighted by molar-refractivity contribution is 7.98. The van der Waals surface area contributed by atoms with Crippen LogP contribution in [0.2, 0.25) is 0 Å². The van der Waals surface area contributed by atoms with E-state index in [1.165, 1.54) is 0 Å². The second-order valence-electron chi connectivity index (χ2n) is 4.59. The minimum Gasteiger partial charge on any atom is -0.409 e. The van der Waals surface area contributed by atoms with Crippen LogP contribution in [0.1, 0.15) is 32.3 Å². The predicted molar refractivity (Wildman–Crippen MR) is 83.5 cm³/mol. The molecule has 0 heterocycles. The van der Waals surface area contributed by atoms with Gasteiger partial charge >= 0.3 is 0 Å². The van der Waals surface area contributed by atoms with E-state index in [2.05, 4.69) is 23.9 Å². The number of nitrogens with zero attached hydrogens (tertiary/aromatic N) is 2. The van der Waals surface area contributed by atoms with E-state index in [1.54, 1.807) is 11.8 Å². The minimum atomic E-state index is 0.162. The van der Waals surface area contributed by atoms with Gasteiger partial charge in [-0.2, -0.15) is 0 Å². The molecule has 0 saturated carbocycles. The SMILES string of the molecule is CCCC(C)N(C)c1cccc(SC)c1/C(N)=N/O. The molecule has 1 unspecified atom stereocenters. The van der Waals surface area contributed by atoms with E-state index in [0.29, 0.717) is 6.04 Å². The highest BCUT2D eigenvalue weighted by atomic mass is 32.2. The van der Waals surface area contributed by atoms with Gasteiger partial charge in [-0.3, -0.25) is 0 Å². The second kappa shape index (κ2) is 7.28. The lowest BCUT2D eigenvalue weighted by molar-refractivity contribution is 0.318. The van der Waals surface area contributed by atoms with E-state index in [-0.39, 0.29) is 5.84 Å². The van der Waals surface area contributed by atoms with Crippen LogP contribution in [-0.4, -0.2) is 30.4 Å². The first-order valence-electron chi connectivity index (χ1n) is 6.44. The third-order valence-corrected chi connectivity index (χ3v) is 4.12. The zero-order valence-corrected chi connectivity index (χ0v) is 12.9. The van der Waals surface area contributed by atoms with E-state index >= 15 is 0 Å². The van der Waals surface area contributed by atoms with Crippen LogP contribution >= 0.6 is 11.8 Å². The Morgan fingerprint density at radius 3 is 2.74 bits per heavy atom. The number of oxime groups is 1. The third-order valence-electron chi connectivity index (χ3n) is 3.34. The highest BCUT2D eigenvalue weighted by Crippen LogP contribution is 2.30. The monoisotopic (exact) mass is 281 g/mol. The Morgan fingerprint density at radius 2 is 2.21 bits per heavy atom. The van der Waals surface area contributed by atoms with Crippen LogP contribution in [0.4, 0.5) is 5.69 Å². The van der Waals surface area contributed by atoms with Gasteiger partial charge in [-0.1, -0.05) is 24.6 Å². The summed E-state index contributed by atoms with van der Waals surface area (Å²) in [5.74, 6) is 0.162. The Morgan fingerprint density at radius 1 is 1.53 bits per heavy atom. The fraction of sp³-hybridized carbons (Fsp3) is 0.500. The maximum Gasteiger partial charge on any atom is 0.173 e. The summed E-state index contributed by atoms with van der Waals surface area (Å²) in [7, 11) is 2.05. The maximum atomic E-state index is 8.99.